The monoisotopic (exact) mass is 330 g/mol. The average Bonchev–Trinajstić information content (AvgIpc) is 2.55. The van der Waals surface area contributed by atoms with E-state index in [-0.39, 0.29) is 18.4 Å². The van der Waals surface area contributed by atoms with Gasteiger partial charge in [-0.05, 0) is 48.4 Å². The maximum atomic E-state index is 11.9. The van der Waals surface area contributed by atoms with Crippen LogP contribution in [0.2, 0.25) is 5.02 Å². The Morgan fingerprint density at radius 3 is 2.78 bits per heavy atom. The van der Waals surface area contributed by atoms with E-state index in [1.165, 1.54) is 0 Å². The van der Waals surface area contributed by atoms with E-state index in [1.54, 1.807) is 36.4 Å². The lowest BCUT2D eigenvalue weighted by molar-refractivity contribution is -0.118. The fraction of sp³-hybridized carbons (Fsp3) is 0.176. The molecule has 0 saturated carbocycles. The number of hydrogen-bond donors (Lipinski definition) is 2. The molecule has 1 heterocycles. The van der Waals surface area contributed by atoms with Crippen molar-refractivity contribution in [3.05, 3.63) is 58.6 Å². The van der Waals surface area contributed by atoms with Crippen LogP contribution in [-0.4, -0.2) is 25.0 Å². The molecule has 23 heavy (non-hydrogen) atoms. The summed E-state index contributed by atoms with van der Waals surface area (Å²) >= 11 is 5.78. The van der Waals surface area contributed by atoms with Crippen LogP contribution in [0.15, 0.2) is 42.5 Å². The van der Waals surface area contributed by atoms with Gasteiger partial charge in [0.15, 0.2) is 6.61 Å². The molecule has 6 heteroatoms. The van der Waals surface area contributed by atoms with E-state index in [9.17, 15) is 9.59 Å². The summed E-state index contributed by atoms with van der Waals surface area (Å²) in [5.74, 6) is 0.158. The van der Waals surface area contributed by atoms with Gasteiger partial charge in [0.05, 0.1) is 0 Å². The second kappa shape index (κ2) is 6.71. The Bertz CT molecular complexity index is 744. The summed E-state index contributed by atoms with van der Waals surface area (Å²) in [6.45, 7) is 0.525. The van der Waals surface area contributed by atoms with E-state index in [1.807, 2.05) is 6.07 Å². The second-order valence-electron chi connectivity index (χ2n) is 5.17. The van der Waals surface area contributed by atoms with Crippen molar-refractivity contribution in [1.29, 1.82) is 0 Å². The zero-order valence-electron chi connectivity index (χ0n) is 12.3. The van der Waals surface area contributed by atoms with Crippen molar-refractivity contribution in [2.24, 2.45) is 0 Å². The van der Waals surface area contributed by atoms with E-state index in [0.717, 1.165) is 12.0 Å². The summed E-state index contributed by atoms with van der Waals surface area (Å²) in [5, 5.41) is 6.11. The van der Waals surface area contributed by atoms with Crippen LogP contribution in [-0.2, 0) is 11.2 Å². The molecule has 1 aliphatic heterocycles. The normalized spacial score (nSPS) is 13.0. The maximum Gasteiger partial charge on any atom is 0.262 e. The number of hydrogen-bond acceptors (Lipinski definition) is 3. The summed E-state index contributed by atoms with van der Waals surface area (Å²) in [7, 11) is 0. The second-order valence-corrected chi connectivity index (χ2v) is 5.61. The largest absolute Gasteiger partial charge is 0.484 e. The summed E-state index contributed by atoms with van der Waals surface area (Å²) in [4.78, 5) is 23.7. The Morgan fingerprint density at radius 2 is 2.00 bits per heavy atom. The molecule has 0 spiro atoms. The average molecular weight is 331 g/mol. The summed E-state index contributed by atoms with van der Waals surface area (Å²) < 4.78 is 5.38. The number of halogens is 1. The van der Waals surface area contributed by atoms with Crippen molar-refractivity contribution >= 4 is 29.1 Å². The topological polar surface area (TPSA) is 67.4 Å². The quantitative estimate of drug-likeness (QED) is 0.905. The van der Waals surface area contributed by atoms with Gasteiger partial charge < -0.3 is 15.4 Å². The lowest BCUT2D eigenvalue weighted by Gasteiger charge is -2.17. The van der Waals surface area contributed by atoms with Crippen LogP contribution in [0.5, 0.6) is 5.75 Å². The number of amides is 2. The highest BCUT2D eigenvalue weighted by molar-refractivity contribution is 6.30. The molecule has 3 rings (SSSR count). The van der Waals surface area contributed by atoms with Crippen LogP contribution < -0.4 is 15.4 Å². The molecule has 2 aromatic rings. The van der Waals surface area contributed by atoms with Crippen LogP contribution >= 0.6 is 11.6 Å². The zero-order valence-corrected chi connectivity index (χ0v) is 13.0. The SMILES string of the molecule is O=C(COc1ccc(Cl)cc1)Nc1ccc2c(c1)C(=O)NCC2. The summed E-state index contributed by atoms with van der Waals surface area (Å²) in [6.07, 6.45) is 0.801. The fourth-order valence-corrected chi connectivity index (χ4v) is 2.49. The smallest absolute Gasteiger partial charge is 0.262 e. The van der Waals surface area contributed by atoms with Gasteiger partial charge in [0.2, 0.25) is 0 Å². The molecule has 0 fully saturated rings. The number of fused-ring (bicyclic) bond motifs is 1. The van der Waals surface area contributed by atoms with Gasteiger partial charge in [-0.25, -0.2) is 0 Å². The molecule has 0 aliphatic carbocycles. The number of nitrogens with one attached hydrogen (secondary N) is 2. The minimum Gasteiger partial charge on any atom is -0.484 e. The molecule has 0 unspecified atom stereocenters. The van der Waals surface area contributed by atoms with Crippen molar-refractivity contribution in [1.82, 2.24) is 5.32 Å². The molecular formula is C17H15ClN2O3. The first-order chi connectivity index (χ1) is 11.1. The van der Waals surface area contributed by atoms with Gasteiger partial charge in [-0.15, -0.1) is 0 Å². The highest BCUT2D eigenvalue weighted by atomic mass is 35.5. The van der Waals surface area contributed by atoms with E-state index < -0.39 is 0 Å². The van der Waals surface area contributed by atoms with Crippen LogP contribution in [0, 0.1) is 0 Å². The first kappa shape index (κ1) is 15.4. The third kappa shape index (κ3) is 3.81. The highest BCUT2D eigenvalue weighted by Gasteiger charge is 2.17. The van der Waals surface area contributed by atoms with Crippen molar-refractivity contribution in [2.45, 2.75) is 6.42 Å². The van der Waals surface area contributed by atoms with E-state index in [2.05, 4.69) is 10.6 Å². The fourth-order valence-electron chi connectivity index (χ4n) is 2.37. The third-order valence-electron chi connectivity index (χ3n) is 3.50. The lowest BCUT2D eigenvalue weighted by atomic mass is 10.00. The van der Waals surface area contributed by atoms with Gasteiger partial charge in [-0.3, -0.25) is 9.59 Å². The van der Waals surface area contributed by atoms with Gasteiger partial charge >= 0.3 is 0 Å². The van der Waals surface area contributed by atoms with Crippen molar-refractivity contribution in [3.63, 3.8) is 0 Å². The van der Waals surface area contributed by atoms with Crippen LogP contribution in [0.4, 0.5) is 5.69 Å². The molecule has 1 aliphatic rings. The number of benzene rings is 2. The summed E-state index contributed by atoms with van der Waals surface area (Å²) in [5.41, 5.74) is 2.17. The molecule has 0 atom stereocenters. The van der Waals surface area contributed by atoms with Crippen LogP contribution in [0.3, 0.4) is 0 Å². The number of rotatable bonds is 4. The zero-order chi connectivity index (χ0) is 16.2. The summed E-state index contributed by atoms with van der Waals surface area (Å²) in [6, 6.07) is 12.1. The van der Waals surface area contributed by atoms with E-state index in [4.69, 9.17) is 16.3 Å². The molecule has 0 bridgehead atoms. The maximum absolute atomic E-state index is 11.9. The molecule has 0 saturated heterocycles. The minimum absolute atomic E-state index is 0.111. The number of carbonyl (C=O) groups excluding carboxylic acids is 2. The lowest BCUT2D eigenvalue weighted by Crippen LogP contribution is -2.32. The molecule has 0 radical (unpaired) electrons. The molecular weight excluding hydrogens is 316 g/mol. The van der Waals surface area contributed by atoms with Gasteiger partial charge in [0.25, 0.3) is 11.8 Å². The molecule has 2 N–H and O–H groups in total. The molecule has 0 aromatic heterocycles. The molecule has 118 valence electrons. The van der Waals surface area contributed by atoms with Gasteiger partial charge in [0, 0.05) is 22.8 Å². The van der Waals surface area contributed by atoms with Crippen molar-refractivity contribution in [3.8, 4) is 5.75 Å². The first-order valence-corrected chi connectivity index (χ1v) is 7.59. The Kier molecular flexibility index (Phi) is 4.48. The van der Waals surface area contributed by atoms with Gasteiger partial charge in [-0.1, -0.05) is 17.7 Å². The van der Waals surface area contributed by atoms with Gasteiger partial charge in [0.1, 0.15) is 5.75 Å². The Hall–Kier alpha value is -2.53. The van der Waals surface area contributed by atoms with E-state index >= 15 is 0 Å². The number of anilines is 1. The number of carbonyl (C=O) groups is 2. The van der Waals surface area contributed by atoms with Gasteiger partial charge in [-0.2, -0.15) is 0 Å². The van der Waals surface area contributed by atoms with E-state index in [0.29, 0.717) is 28.6 Å². The Labute approximate surface area is 138 Å². The van der Waals surface area contributed by atoms with Crippen molar-refractivity contribution in [2.75, 3.05) is 18.5 Å². The Balaban J connectivity index is 1.60. The van der Waals surface area contributed by atoms with Crippen LogP contribution in [0.1, 0.15) is 15.9 Å². The number of ether oxygens (including phenoxy) is 1. The highest BCUT2D eigenvalue weighted by Crippen LogP contribution is 2.19. The van der Waals surface area contributed by atoms with Crippen molar-refractivity contribution < 1.29 is 14.3 Å². The standard InChI is InChI=1S/C17H15ClN2O3/c18-12-2-5-14(6-3-12)23-10-16(21)20-13-4-1-11-7-8-19-17(22)15(11)9-13/h1-6,9H,7-8,10H2,(H,19,22)(H,20,21). The predicted molar refractivity (Wildman–Crippen MR) is 88.1 cm³/mol. The third-order valence-corrected chi connectivity index (χ3v) is 3.75. The Morgan fingerprint density at radius 1 is 1.22 bits per heavy atom. The predicted octanol–water partition coefficient (Wildman–Crippen LogP) is 2.64. The first-order valence-electron chi connectivity index (χ1n) is 7.21. The van der Waals surface area contributed by atoms with Crippen LogP contribution in [0.25, 0.3) is 0 Å². The molecule has 5 nitrogen and oxygen atoms in total. The molecule has 2 aromatic carbocycles. The minimum atomic E-state index is -0.295. The molecule has 2 amide bonds.